The molecule has 0 aliphatic carbocycles. The van der Waals surface area contributed by atoms with Gasteiger partial charge in [-0.05, 0) is 26.0 Å². The van der Waals surface area contributed by atoms with Crippen molar-refractivity contribution in [2.45, 2.75) is 19.1 Å². The van der Waals surface area contributed by atoms with Crippen LogP contribution in [0.25, 0.3) is 0 Å². The maximum atomic E-state index is 12.6. The van der Waals surface area contributed by atoms with Crippen LogP contribution in [0.5, 0.6) is 0 Å². The predicted molar refractivity (Wildman–Crippen MR) is 80.1 cm³/mol. The molecule has 7 heteroatoms. The number of carbonyl (C=O) groups excluding carboxylic acids is 1. The van der Waals surface area contributed by atoms with Gasteiger partial charge in [0.25, 0.3) is 0 Å². The molecule has 0 unspecified atom stereocenters. The predicted octanol–water partition coefficient (Wildman–Crippen LogP) is 2.17. The van der Waals surface area contributed by atoms with Crippen LogP contribution in [0.4, 0.5) is 11.6 Å². The fourth-order valence-corrected chi connectivity index (χ4v) is 2.81. The lowest BCUT2D eigenvalue weighted by Crippen LogP contribution is -2.33. The third-order valence-corrected chi connectivity index (χ3v) is 4.89. The number of aromatic nitrogens is 2. The Bertz CT molecular complexity index is 713. The van der Waals surface area contributed by atoms with Crippen LogP contribution in [0.3, 0.4) is 0 Å². The number of nitrogens with zero attached hydrogens (tertiary/aromatic N) is 3. The van der Waals surface area contributed by atoms with E-state index in [1.807, 2.05) is 0 Å². The molecule has 110 valence electrons. The first-order valence-corrected chi connectivity index (χ1v) is 7.83. The highest BCUT2D eigenvalue weighted by Crippen LogP contribution is 2.27. The monoisotopic (exact) mass is 305 g/mol. The number of carbonyl (C=O) groups is 1. The van der Waals surface area contributed by atoms with E-state index in [9.17, 15) is 13.2 Å². The van der Waals surface area contributed by atoms with Gasteiger partial charge in [0, 0.05) is 12.4 Å². The molecule has 0 saturated heterocycles. The minimum Gasteiger partial charge on any atom is -0.298 e. The van der Waals surface area contributed by atoms with Gasteiger partial charge in [-0.3, -0.25) is 4.79 Å². The number of benzene rings is 1. The topological polar surface area (TPSA) is 80.2 Å². The van der Waals surface area contributed by atoms with Crippen LogP contribution in [-0.4, -0.2) is 29.9 Å². The van der Waals surface area contributed by atoms with Gasteiger partial charge in [0.05, 0.1) is 16.5 Å². The molecule has 2 rings (SSSR count). The number of sulfonamides is 1. The quantitative estimate of drug-likeness (QED) is 0.791. The average molecular weight is 305 g/mol. The van der Waals surface area contributed by atoms with Gasteiger partial charge in [-0.1, -0.05) is 18.2 Å². The highest BCUT2D eigenvalue weighted by atomic mass is 32.2. The van der Waals surface area contributed by atoms with E-state index in [-0.39, 0.29) is 11.5 Å². The summed E-state index contributed by atoms with van der Waals surface area (Å²) in [5, 5.41) is -0.632. The van der Waals surface area contributed by atoms with E-state index >= 15 is 0 Å². The van der Waals surface area contributed by atoms with Crippen LogP contribution in [-0.2, 0) is 10.0 Å². The number of para-hydroxylation sites is 1. The first kappa shape index (κ1) is 15.1. The standard InChI is InChI=1S/C14H15N3O3S/c1-11(2)21(19,20)17(13-6-4-3-5-7-13)14-15-8-12(10-18)9-16-14/h3-11H,1-2H3. The highest BCUT2D eigenvalue weighted by Gasteiger charge is 2.29. The van der Waals surface area contributed by atoms with Crippen molar-refractivity contribution in [3.05, 3.63) is 48.3 Å². The van der Waals surface area contributed by atoms with Crippen LogP contribution in [0.15, 0.2) is 42.7 Å². The van der Waals surface area contributed by atoms with Gasteiger partial charge in [0.15, 0.2) is 6.29 Å². The lowest BCUT2D eigenvalue weighted by molar-refractivity contribution is 0.112. The third kappa shape index (κ3) is 3.08. The second-order valence-corrected chi connectivity index (χ2v) is 6.97. The van der Waals surface area contributed by atoms with Gasteiger partial charge in [-0.15, -0.1) is 0 Å². The summed E-state index contributed by atoms with van der Waals surface area (Å²) in [6.07, 6.45) is 3.19. The molecule has 0 aliphatic rings. The van der Waals surface area contributed by atoms with Crippen LogP contribution in [0.1, 0.15) is 24.2 Å². The summed E-state index contributed by atoms with van der Waals surface area (Å²) < 4.78 is 26.2. The molecule has 0 N–H and O–H groups in total. The number of hydrogen-bond acceptors (Lipinski definition) is 5. The first-order chi connectivity index (χ1) is 9.96. The lowest BCUT2D eigenvalue weighted by Gasteiger charge is -2.24. The molecular formula is C14H15N3O3S. The van der Waals surface area contributed by atoms with Crippen molar-refractivity contribution >= 4 is 27.9 Å². The molecule has 0 saturated carbocycles. The van der Waals surface area contributed by atoms with E-state index < -0.39 is 15.3 Å². The minimum atomic E-state index is -3.64. The molecule has 1 heterocycles. The Hall–Kier alpha value is -2.28. The summed E-state index contributed by atoms with van der Waals surface area (Å²) in [6.45, 7) is 3.18. The molecule has 0 aliphatic heterocycles. The zero-order chi connectivity index (χ0) is 15.5. The van der Waals surface area contributed by atoms with E-state index in [1.54, 1.807) is 44.2 Å². The van der Waals surface area contributed by atoms with E-state index in [2.05, 4.69) is 9.97 Å². The third-order valence-electron chi connectivity index (χ3n) is 2.82. The fraction of sp³-hybridized carbons (Fsp3) is 0.214. The van der Waals surface area contributed by atoms with Crippen molar-refractivity contribution in [1.29, 1.82) is 0 Å². The van der Waals surface area contributed by atoms with Crippen molar-refractivity contribution in [2.75, 3.05) is 4.31 Å². The normalized spacial score (nSPS) is 11.4. The summed E-state index contributed by atoms with van der Waals surface area (Å²) in [5.74, 6) is 0.0144. The fourth-order valence-electron chi connectivity index (χ4n) is 1.65. The van der Waals surface area contributed by atoms with Crippen molar-refractivity contribution in [3.8, 4) is 0 Å². The number of rotatable bonds is 5. The second kappa shape index (κ2) is 6.01. The maximum absolute atomic E-state index is 12.6. The van der Waals surface area contributed by atoms with Crippen molar-refractivity contribution in [2.24, 2.45) is 0 Å². The lowest BCUT2D eigenvalue weighted by atomic mass is 10.3. The van der Waals surface area contributed by atoms with E-state index in [0.717, 1.165) is 4.31 Å². The minimum absolute atomic E-state index is 0.0144. The Labute approximate surface area is 123 Å². The average Bonchev–Trinajstić information content (AvgIpc) is 2.49. The van der Waals surface area contributed by atoms with Gasteiger partial charge in [0.2, 0.25) is 16.0 Å². The Morgan fingerprint density at radius 3 is 2.14 bits per heavy atom. The Morgan fingerprint density at radius 1 is 1.10 bits per heavy atom. The molecule has 1 aromatic carbocycles. The van der Waals surface area contributed by atoms with Crippen molar-refractivity contribution < 1.29 is 13.2 Å². The van der Waals surface area contributed by atoms with Gasteiger partial charge in [-0.25, -0.2) is 22.7 Å². The molecule has 2 aromatic rings. The summed E-state index contributed by atoms with van der Waals surface area (Å²) >= 11 is 0. The molecule has 6 nitrogen and oxygen atoms in total. The Kier molecular flexibility index (Phi) is 4.32. The molecule has 0 radical (unpaired) electrons. The molecule has 0 amide bonds. The second-order valence-electron chi connectivity index (χ2n) is 4.63. The number of hydrogen-bond donors (Lipinski definition) is 0. The number of aldehydes is 1. The summed E-state index contributed by atoms with van der Waals surface area (Å²) in [7, 11) is -3.64. The van der Waals surface area contributed by atoms with Crippen LogP contribution >= 0.6 is 0 Å². The van der Waals surface area contributed by atoms with E-state index in [1.165, 1.54) is 12.4 Å². The molecule has 0 bridgehead atoms. The van der Waals surface area contributed by atoms with E-state index in [4.69, 9.17) is 0 Å². The van der Waals surface area contributed by atoms with Gasteiger partial charge < -0.3 is 0 Å². The highest BCUT2D eigenvalue weighted by molar-refractivity contribution is 7.93. The number of anilines is 2. The van der Waals surface area contributed by atoms with Gasteiger partial charge in [0.1, 0.15) is 0 Å². The molecule has 21 heavy (non-hydrogen) atoms. The zero-order valence-electron chi connectivity index (χ0n) is 11.7. The van der Waals surface area contributed by atoms with Gasteiger partial charge >= 0.3 is 0 Å². The summed E-state index contributed by atoms with van der Waals surface area (Å²) in [6, 6.07) is 8.59. The van der Waals surface area contributed by atoms with Crippen LogP contribution in [0.2, 0.25) is 0 Å². The summed E-state index contributed by atoms with van der Waals surface area (Å²) in [5.41, 5.74) is 0.735. The van der Waals surface area contributed by atoms with Crippen molar-refractivity contribution in [3.63, 3.8) is 0 Å². The molecule has 0 atom stereocenters. The molecule has 0 spiro atoms. The van der Waals surface area contributed by atoms with Gasteiger partial charge in [-0.2, -0.15) is 0 Å². The zero-order valence-corrected chi connectivity index (χ0v) is 12.5. The molecule has 1 aromatic heterocycles. The van der Waals surface area contributed by atoms with Crippen LogP contribution in [0, 0.1) is 0 Å². The van der Waals surface area contributed by atoms with Crippen LogP contribution < -0.4 is 4.31 Å². The molecule has 0 fully saturated rings. The Balaban J connectivity index is 2.58. The largest absolute Gasteiger partial charge is 0.298 e. The maximum Gasteiger partial charge on any atom is 0.244 e. The SMILES string of the molecule is CC(C)S(=O)(=O)N(c1ccccc1)c1ncc(C=O)cn1. The summed E-state index contributed by atoms with van der Waals surface area (Å²) in [4.78, 5) is 18.6. The first-order valence-electron chi connectivity index (χ1n) is 6.33. The Morgan fingerprint density at radius 2 is 1.67 bits per heavy atom. The van der Waals surface area contributed by atoms with E-state index in [0.29, 0.717) is 12.0 Å². The smallest absolute Gasteiger partial charge is 0.244 e. The van der Waals surface area contributed by atoms with Crippen molar-refractivity contribution in [1.82, 2.24) is 9.97 Å². The molecular weight excluding hydrogens is 290 g/mol.